The Kier molecular flexibility index (Phi) is 1.37. The lowest BCUT2D eigenvalue weighted by Gasteiger charge is -2.19. The van der Waals surface area contributed by atoms with Crippen molar-refractivity contribution >= 4 is 0 Å². The summed E-state index contributed by atoms with van der Waals surface area (Å²) in [6, 6.07) is 0. The molecule has 0 saturated heterocycles. The van der Waals surface area contributed by atoms with E-state index in [2.05, 4.69) is 5.32 Å². The van der Waals surface area contributed by atoms with Crippen molar-refractivity contribution in [3.63, 3.8) is 0 Å². The summed E-state index contributed by atoms with van der Waals surface area (Å²) in [5.41, 5.74) is 0. The summed E-state index contributed by atoms with van der Waals surface area (Å²) in [5.74, 6) is -0.237. The van der Waals surface area contributed by atoms with Crippen molar-refractivity contribution in [1.29, 1.82) is 0 Å². The van der Waals surface area contributed by atoms with Crippen molar-refractivity contribution in [2.45, 2.75) is 0 Å². The lowest BCUT2D eigenvalue weighted by molar-refractivity contribution is 0.374. The van der Waals surface area contributed by atoms with E-state index >= 15 is 0 Å². The predicted molar refractivity (Wildman–Crippen MR) is 29.8 cm³/mol. The second kappa shape index (κ2) is 2.03. The van der Waals surface area contributed by atoms with Crippen LogP contribution in [-0.4, -0.2) is 25.0 Å². The molecule has 8 heavy (non-hydrogen) atoms. The molecule has 1 N–H and O–H groups in total. The number of halogens is 1. The number of nitrogens with one attached hydrogen (secondary N) is 1. The molecule has 0 radical (unpaired) electrons. The van der Waals surface area contributed by atoms with Gasteiger partial charge in [0.2, 0.25) is 5.95 Å². The van der Waals surface area contributed by atoms with Gasteiger partial charge in [-0.25, -0.2) is 0 Å². The van der Waals surface area contributed by atoms with Crippen LogP contribution in [0.3, 0.4) is 0 Å². The maximum atomic E-state index is 12.1. The van der Waals surface area contributed by atoms with Crippen LogP contribution in [0.4, 0.5) is 4.39 Å². The van der Waals surface area contributed by atoms with Crippen molar-refractivity contribution in [3.8, 4) is 0 Å². The van der Waals surface area contributed by atoms with Gasteiger partial charge in [-0.3, -0.25) is 0 Å². The molecule has 0 saturated carbocycles. The first-order chi connectivity index (χ1) is 3.79. The largest absolute Gasteiger partial charge is 0.375 e. The molecule has 0 aromatic carbocycles. The molecule has 0 atom stereocenters. The summed E-state index contributed by atoms with van der Waals surface area (Å²) in [6.45, 7) is 1.59. The van der Waals surface area contributed by atoms with Crippen molar-refractivity contribution in [3.05, 3.63) is 12.2 Å². The second-order valence-corrected chi connectivity index (χ2v) is 1.88. The minimum atomic E-state index is -0.237. The van der Waals surface area contributed by atoms with E-state index in [9.17, 15) is 4.39 Å². The van der Waals surface area contributed by atoms with Gasteiger partial charge in [0, 0.05) is 20.1 Å². The fourth-order valence-electron chi connectivity index (χ4n) is 0.655. The van der Waals surface area contributed by atoms with Crippen molar-refractivity contribution in [2.75, 3.05) is 20.1 Å². The molecule has 1 heterocycles. The summed E-state index contributed by atoms with van der Waals surface area (Å²) >= 11 is 0. The summed E-state index contributed by atoms with van der Waals surface area (Å²) in [7, 11) is 1.85. The Bertz CT molecular complexity index is 111. The van der Waals surface area contributed by atoms with Crippen LogP contribution in [0.15, 0.2) is 12.2 Å². The fourth-order valence-corrected chi connectivity index (χ4v) is 0.655. The lowest BCUT2D eigenvalue weighted by atomic mass is 10.5. The molecule has 0 unspecified atom stereocenters. The van der Waals surface area contributed by atoms with E-state index in [4.69, 9.17) is 0 Å². The summed E-state index contributed by atoms with van der Waals surface area (Å²) in [4.78, 5) is 1.81. The van der Waals surface area contributed by atoms with E-state index in [1.165, 1.54) is 6.20 Å². The monoisotopic (exact) mass is 116 g/mol. The average molecular weight is 116 g/mol. The number of hydrogen-bond acceptors (Lipinski definition) is 2. The normalized spacial score (nSPS) is 19.8. The molecule has 0 amide bonds. The molecule has 0 aliphatic carbocycles. The van der Waals surface area contributed by atoms with Gasteiger partial charge in [0.1, 0.15) is 0 Å². The summed E-state index contributed by atoms with van der Waals surface area (Å²) in [5, 5.41) is 2.57. The number of nitrogens with zero attached hydrogens (tertiary/aromatic N) is 1. The highest BCUT2D eigenvalue weighted by Gasteiger charge is 2.02. The molecule has 46 valence electrons. The van der Waals surface area contributed by atoms with Crippen LogP contribution in [0.1, 0.15) is 0 Å². The zero-order valence-corrected chi connectivity index (χ0v) is 4.82. The maximum Gasteiger partial charge on any atom is 0.203 e. The summed E-state index contributed by atoms with van der Waals surface area (Å²) in [6.07, 6.45) is 1.45. The quantitative estimate of drug-likeness (QED) is 0.457. The van der Waals surface area contributed by atoms with E-state index in [1.807, 2.05) is 11.9 Å². The Labute approximate surface area is 48.0 Å². The fraction of sp³-hybridized carbons (Fsp3) is 0.600. The third-order valence-electron chi connectivity index (χ3n) is 1.09. The van der Waals surface area contributed by atoms with E-state index in [0.29, 0.717) is 6.54 Å². The van der Waals surface area contributed by atoms with Gasteiger partial charge in [-0.15, -0.1) is 0 Å². The molecular formula is C5H9FN2. The second-order valence-electron chi connectivity index (χ2n) is 1.88. The van der Waals surface area contributed by atoms with Crippen molar-refractivity contribution < 1.29 is 4.39 Å². The molecular weight excluding hydrogens is 107 g/mol. The third kappa shape index (κ3) is 1.12. The van der Waals surface area contributed by atoms with Crippen LogP contribution in [0, 0.1) is 0 Å². The minimum Gasteiger partial charge on any atom is -0.375 e. The first-order valence-corrected chi connectivity index (χ1v) is 2.60. The van der Waals surface area contributed by atoms with Gasteiger partial charge < -0.3 is 10.2 Å². The molecule has 3 heteroatoms. The first kappa shape index (κ1) is 5.41. The molecule has 1 aliphatic heterocycles. The Morgan fingerprint density at radius 2 is 2.62 bits per heavy atom. The highest BCUT2D eigenvalue weighted by molar-refractivity contribution is 4.92. The maximum absolute atomic E-state index is 12.1. The zero-order chi connectivity index (χ0) is 5.98. The van der Waals surface area contributed by atoms with Crippen LogP contribution >= 0.6 is 0 Å². The number of likely N-dealkylation sites (N-methyl/N-ethyl adjacent to an activating group) is 1. The highest BCUT2D eigenvalue weighted by atomic mass is 19.1. The average Bonchev–Trinajstić information content (AvgIpc) is 1.64. The van der Waals surface area contributed by atoms with Crippen molar-refractivity contribution in [2.24, 2.45) is 0 Å². The molecule has 1 rings (SSSR count). The van der Waals surface area contributed by atoms with E-state index < -0.39 is 0 Å². The smallest absolute Gasteiger partial charge is 0.203 e. The van der Waals surface area contributed by atoms with Gasteiger partial charge in [-0.05, 0) is 0 Å². The molecule has 0 bridgehead atoms. The minimum absolute atomic E-state index is 0.237. The van der Waals surface area contributed by atoms with Gasteiger partial charge >= 0.3 is 0 Å². The van der Waals surface area contributed by atoms with Crippen LogP contribution in [0.5, 0.6) is 0 Å². The number of rotatable bonds is 0. The molecule has 0 aromatic heterocycles. The Balaban J connectivity index is 2.50. The van der Waals surface area contributed by atoms with Crippen molar-refractivity contribution in [1.82, 2.24) is 10.2 Å². The number of hydrogen-bond donors (Lipinski definition) is 1. The van der Waals surface area contributed by atoms with E-state index in [0.717, 1.165) is 6.54 Å². The molecule has 1 aliphatic rings. The molecule has 0 spiro atoms. The zero-order valence-electron chi connectivity index (χ0n) is 4.82. The van der Waals surface area contributed by atoms with Gasteiger partial charge in [-0.2, -0.15) is 4.39 Å². The summed E-state index contributed by atoms with van der Waals surface area (Å²) < 4.78 is 12.1. The molecule has 0 aromatic rings. The van der Waals surface area contributed by atoms with Gasteiger partial charge in [0.15, 0.2) is 0 Å². The first-order valence-electron chi connectivity index (χ1n) is 2.60. The topological polar surface area (TPSA) is 15.3 Å². The van der Waals surface area contributed by atoms with Crippen LogP contribution in [-0.2, 0) is 0 Å². The van der Waals surface area contributed by atoms with Crippen LogP contribution in [0.2, 0.25) is 0 Å². The third-order valence-corrected chi connectivity index (χ3v) is 1.09. The SMILES string of the molecule is CN1C=C(F)NCC1. The molecule has 0 fully saturated rings. The predicted octanol–water partition coefficient (Wildman–Crippen LogP) is 0.290. The van der Waals surface area contributed by atoms with Crippen LogP contribution < -0.4 is 5.32 Å². The van der Waals surface area contributed by atoms with Crippen LogP contribution in [0.25, 0.3) is 0 Å². The Morgan fingerprint density at radius 1 is 1.88 bits per heavy atom. The standard InChI is InChI=1S/C5H9FN2/c1-8-3-2-7-5(6)4-8/h4,7H,2-3H2,1H3. The van der Waals surface area contributed by atoms with Gasteiger partial charge in [-0.1, -0.05) is 0 Å². The Hall–Kier alpha value is -0.730. The van der Waals surface area contributed by atoms with E-state index in [1.54, 1.807) is 0 Å². The lowest BCUT2D eigenvalue weighted by Crippen LogP contribution is -2.30. The Morgan fingerprint density at radius 3 is 3.00 bits per heavy atom. The highest BCUT2D eigenvalue weighted by Crippen LogP contribution is 1.97. The van der Waals surface area contributed by atoms with Gasteiger partial charge in [0.25, 0.3) is 0 Å². The van der Waals surface area contributed by atoms with E-state index in [-0.39, 0.29) is 5.95 Å². The molecule has 2 nitrogen and oxygen atoms in total. The van der Waals surface area contributed by atoms with Gasteiger partial charge in [0.05, 0.1) is 6.20 Å².